The van der Waals surface area contributed by atoms with Gasteiger partial charge in [0.15, 0.2) is 5.60 Å². The number of piperidine rings is 1. The maximum absolute atomic E-state index is 12.8. The lowest BCUT2D eigenvalue weighted by Crippen LogP contribution is -2.51. The summed E-state index contributed by atoms with van der Waals surface area (Å²) in [5.74, 6) is 0. The molecule has 2 saturated heterocycles. The van der Waals surface area contributed by atoms with Gasteiger partial charge in [-0.2, -0.15) is 0 Å². The molecule has 1 aromatic heterocycles. The molecule has 4 rings (SSSR count). The number of aromatic nitrogens is 2. The van der Waals surface area contributed by atoms with Gasteiger partial charge in [-0.1, -0.05) is 30.3 Å². The van der Waals surface area contributed by atoms with Crippen molar-refractivity contribution >= 4 is 12.2 Å². The number of nitrogens with one attached hydrogen (secondary N) is 1. The zero-order chi connectivity index (χ0) is 18.7. The number of hydrogen-bond acceptors (Lipinski definition) is 5. The highest BCUT2D eigenvalue weighted by Crippen LogP contribution is 2.31. The van der Waals surface area contributed by atoms with Gasteiger partial charge in [0.2, 0.25) is 0 Å². The van der Waals surface area contributed by atoms with Crippen LogP contribution in [0.15, 0.2) is 49.1 Å². The Balaban J connectivity index is 1.40. The Kier molecular flexibility index (Phi) is 4.70. The van der Waals surface area contributed by atoms with Crippen LogP contribution in [-0.4, -0.2) is 51.9 Å². The number of cyclic esters (lactones) is 1. The first kappa shape index (κ1) is 17.4. The second-order valence-corrected chi connectivity index (χ2v) is 6.98. The van der Waals surface area contributed by atoms with Crippen LogP contribution >= 0.6 is 0 Å². The van der Waals surface area contributed by atoms with Crippen molar-refractivity contribution in [2.75, 3.05) is 19.7 Å². The Bertz CT molecular complexity index is 785. The zero-order valence-electron chi connectivity index (χ0n) is 14.9. The van der Waals surface area contributed by atoms with E-state index in [1.165, 1.54) is 0 Å². The highest BCUT2D eigenvalue weighted by Gasteiger charge is 2.45. The highest BCUT2D eigenvalue weighted by molar-refractivity contribution is 5.75. The third-order valence-electron chi connectivity index (χ3n) is 5.17. The molecule has 0 saturated carbocycles. The van der Waals surface area contributed by atoms with E-state index in [0.29, 0.717) is 32.5 Å². The summed E-state index contributed by atoms with van der Waals surface area (Å²) < 4.78 is 12.2. The Morgan fingerprint density at radius 3 is 2.67 bits per heavy atom. The number of imidazole rings is 1. The number of carbonyl (C=O) groups is 2. The largest absolute Gasteiger partial charge is 0.509 e. The summed E-state index contributed by atoms with van der Waals surface area (Å²) in [6.07, 6.45) is 5.90. The van der Waals surface area contributed by atoms with E-state index >= 15 is 0 Å². The van der Waals surface area contributed by atoms with Crippen LogP contribution in [0.4, 0.5) is 9.59 Å². The van der Waals surface area contributed by atoms with E-state index in [1.54, 1.807) is 17.4 Å². The van der Waals surface area contributed by atoms with Crippen molar-refractivity contribution in [3.05, 3.63) is 54.6 Å². The smallest absolute Gasteiger partial charge is 0.430 e. The Hall–Kier alpha value is -3.03. The van der Waals surface area contributed by atoms with Gasteiger partial charge in [0.1, 0.15) is 6.61 Å². The van der Waals surface area contributed by atoms with Crippen LogP contribution in [0.3, 0.4) is 0 Å². The fourth-order valence-electron chi connectivity index (χ4n) is 3.56. The number of ether oxygens (including phenoxy) is 2. The molecule has 2 aliphatic heterocycles. The molecule has 0 radical (unpaired) electrons. The molecule has 3 heterocycles. The number of rotatable bonds is 4. The van der Waals surface area contributed by atoms with Crippen LogP contribution in [0.1, 0.15) is 24.4 Å². The number of amides is 2. The standard InChI is InChI=1S/C19H22N4O4/c24-17(23-9-6-19(7-10-23)13-26-18(25)27-19)21-16(12-22-11-8-20-14-22)15-4-2-1-3-5-15/h1-5,8,11,14,16H,6-7,9-10,12-13H2,(H,21,24)/t16-/m0/s1. The summed E-state index contributed by atoms with van der Waals surface area (Å²) in [4.78, 5) is 29.9. The lowest BCUT2D eigenvalue weighted by molar-refractivity contribution is 0.00907. The van der Waals surface area contributed by atoms with Gasteiger partial charge in [0, 0.05) is 44.9 Å². The maximum atomic E-state index is 12.8. The van der Waals surface area contributed by atoms with Gasteiger partial charge in [-0.3, -0.25) is 0 Å². The molecule has 0 aliphatic carbocycles. The minimum atomic E-state index is -0.614. The Labute approximate surface area is 157 Å². The van der Waals surface area contributed by atoms with Gasteiger partial charge in [-0.15, -0.1) is 0 Å². The molecule has 1 atom stereocenters. The lowest BCUT2D eigenvalue weighted by atomic mass is 9.92. The molecule has 0 bridgehead atoms. The van der Waals surface area contributed by atoms with E-state index in [1.807, 2.05) is 41.1 Å². The predicted octanol–water partition coefficient (Wildman–Crippen LogP) is 2.34. The van der Waals surface area contributed by atoms with Crippen LogP contribution in [0, 0.1) is 0 Å². The molecule has 1 aromatic carbocycles. The number of urea groups is 1. The first-order valence-electron chi connectivity index (χ1n) is 9.05. The zero-order valence-corrected chi connectivity index (χ0v) is 14.9. The molecular weight excluding hydrogens is 348 g/mol. The average Bonchev–Trinajstić information content (AvgIpc) is 3.32. The molecule has 142 valence electrons. The number of likely N-dealkylation sites (tertiary alicyclic amines) is 1. The Morgan fingerprint density at radius 1 is 1.26 bits per heavy atom. The molecule has 2 aromatic rings. The molecule has 8 nitrogen and oxygen atoms in total. The molecule has 27 heavy (non-hydrogen) atoms. The molecule has 1 spiro atoms. The average molecular weight is 370 g/mol. The summed E-state index contributed by atoms with van der Waals surface area (Å²) in [7, 11) is 0. The van der Waals surface area contributed by atoms with Crippen molar-refractivity contribution in [2.24, 2.45) is 0 Å². The minimum Gasteiger partial charge on any atom is -0.430 e. The molecule has 2 aliphatic rings. The third kappa shape index (κ3) is 3.89. The van der Waals surface area contributed by atoms with Gasteiger partial charge < -0.3 is 24.3 Å². The van der Waals surface area contributed by atoms with Crippen LogP contribution < -0.4 is 5.32 Å². The van der Waals surface area contributed by atoms with Crippen molar-refractivity contribution in [1.82, 2.24) is 19.8 Å². The van der Waals surface area contributed by atoms with Gasteiger partial charge in [-0.05, 0) is 5.56 Å². The maximum Gasteiger partial charge on any atom is 0.509 e. The molecule has 2 amide bonds. The predicted molar refractivity (Wildman–Crippen MR) is 95.9 cm³/mol. The van der Waals surface area contributed by atoms with Crippen LogP contribution in [0.2, 0.25) is 0 Å². The molecular formula is C19H22N4O4. The van der Waals surface area contributed by atoms with E-state index in [0.717, 1.165) is 5.56 Å². The summed E-state index contributed by atoms with van der Waals surface area (Å²) in [6.45, 7) is 1.91. The second kappa shape index (κ2) is 7.30. The fraction of sp³-hybridized carbons (Fsp3) is 0.421. The second-order valence-electron chi connectivity index (χ2n) is 6.98. The highest BCUT2D eigenvalue weighted by atomic mass is 16.8. The lowest BCUT2D eigenvalue weighted by Gasteiger charge is -2.37. The van der Waals surface area contributed by atoms with Crippen LogP contribution in [0.25, 0.3) is 0 Å². The van der Waals surface area contributed by atoms with Gasteiger partial charge >= 0.3 is 12.2 Å². The van der Waals surface area contributed by atoms with Crippen molar-refractivity contribution in [1.29, 1.82) is 0 Å². The minimum absolute atomic E-state index is 0.121. The molecule has 1 N–H and O–H groups in total. The SMILES string of the molecule is O=C1OCC2(CCN(C(=O)N[C@@H](Cn3ccnc3)c3ccccc3)CC2)O1. The number of nitrogens with zero attached hydrogens (tertiary/aromatic N) is 3. The number of benzene rings is 1. The quantitative estimate of drug-likeness (QED) is 0.835. The summed E-state index contributed by atoms with van der Waals surface area (Å²) in [5.41, 5.74) is 0.468. The van der Waals surface area contributed by atoms with E-state index in [4.69, 9.17) is 9.47 Å². The van der Waals surface area contributed by atoms with E-state index in [2.05, 4.69) is 10.3 Å². The summed E-state index contributed by atoms with van der Waals surface area (Å²) in [5, 5.41) is 3.13. The molecule has 8 heteroatoms. The van der Waals surface area contributed by atoms with Crippen molar-refractivity contribution in [2.45, 2.75) is 31.0 Å². The Morgan fingerprint density at radius 2 is 2.04 bits per heavy atom. The van der Waals surface area contributed by atoms with Gasteiger partial charge in [0.05, 0.1) is 12.4 Å². The third-order valence-corrected chi connectivity index (χ3v) is 5.17. The summed E-state index contributed by atoms with van der Waals surface area (Å²) >= 11 is 0. The van der Waals surface area contributed by atoms with Crippen molar-refractivity contribution < 1.29 is 19.1 Å². The normalized spacial score (nSPS) is 19.4. The van der Waals surface area contributed by atoms with Crippen molar-refractivity contribution in [3.8, 4) is 0 Å². The molecule has 0 unspecified atom stereocenters. The number of hydrogen-bond donors (Lipinski definition) is 1. The first-order valence-corrected chi connectivity index (χ1v) is 9.05. The van der Waals surface area contributed by atoms with Crippen LogP contribution in [0.5, 0.6) is 0 Å². The van der Waals surface area contributed by atoms with Gasteiger partial charge in [0.25, 0.3) is 0 Å². The van der Waals surface area contributed by atoms with E-state index in [9.17, 15) is 9.59 Å². The first-order chi connectivity index (χ1) is 13.1. The van der Waals surface area contributed by atoms with Gasteiger partial charge in [-0.25, -0.2) is 14.6 Å². The van der Waals surface area contributed by atoms with E-state index < -0.39 is 11.8 Å². The fourth-order valence-corrected chi connectivity index (χ4v) is 3.56. The van der Waals surface area contributed by atoms with Crippen LogP contribution in [-0.2, 0) is 16.0 Å². The topological polar surface area (TPSA) is 85.7 Å². The molecule has 2 fully saturated rings. The van der Waals surface area contributed by atoms with Crippen molar-refractivity contribution in [3.63, 3.8) is 0 Å². The summed E-state index contributed by atoms with van der Waals surface area (Å²) in [6, 6.07) is 9.59. The monoisotopic (exact) mass is 370 g/mol. The number of carbonyl (C=O) groups excluding carboxylic acids is 2. The van der Waals surface area contributed by atoms with E-state index in [-0.39, 0.29) is 18.7 Å².